The molecule has 0 aromatic carbocycles. The molecule has 0 aliphatic heterocycles. The number of carbonyl (C=O) groups excluding carboxylic acids is 3. The molecule has 460 valence electrons. The Morgan fingerprint density at radius 1 is 0.266 bits per heavy atom. The van der Waals surface area contributed by atoms with Crippen LogP contribution in [0.25, 0.3) is 0 Å². The van der Waals surface area contributed by atoms with E-state index in [0.29, 0.717) is 19.3 Å². The molecular formula is C73H132O6. The second-order valence-electron chi connectivity index (χ2n) is 23.4. The maximum absolute atomic E-state index is 12.9. The fourth-order valence-electron chi connectivity index (χ4n) is 10.3. The molecule has 0 spiro atoms. The van der Waals surface area contributed by atoms with Crippen molar-refractivity contribution in [3.63, 3.8) is 0 Å². The zero-order valence-electron chi connectivity index (χ0n) is 52.9. The van der Waals surface area contributed by atoms with Crippen LogP contribution in [0.2, 0.25) is 0 Å². The number of unbranched alkanes of at least 4 members (excludes halogenated alkanes) is 43. The topological polar surface area (TPSA) is 78.9 Å². The molecule has 1 atom stereocenters. The van der Waals surface area contributed by atoms with Crippen LogP contribution >= 0.6 is 0 Å². The quantitative estimate of drug-likeness (QED) is 0.0261. The van der Waals surface area contributed by atoms with E-state index in [1.807, 2.05) is 0 Å². The van der Waals surface area contributed by atoms with Crippen molar-refractivity contribution in [1.29, 1.82) is 0 Å². The van der Waals surface area contributed by atoms with Gasteiger partial charge >= 0.3 is 17.9 Å². The van der Waals surface area contributed by atoms with E-state index in [0.717, 1.165) is 96.3 Å². The highest BCUT2D eigenvalue weighted by Crippen LogP contribution is 2.18. The molecule has 0 radical (unpaired) electrons. The third-order valence-corrected chi connectivity index (χ3v) is 15.5. The van der Waals surface area contributed by atoms with Crippen molar-refractivity contribution in [2.75, 3.05) is 13.2 Å². The van der Waals surface area contributed by atoms with Crippen LogP contribution < -0.4 is 0 Å². The van der Waals surface area contributed by atoms with E-state index in [4.69, 9.17) is 14.2 Å². The molecule has 0 aromatic heterocycles. The third kappa shape index (κ3) is 65.8. The molecule has 0 fully saturated rings. The van der Waals surface area contributed by atoms with Crippen LogP contribution in [0.5, 0.6) is 0 Å². The third-order valence-electron chi connectivity index (χ3n) is 15.5. The van der Waals surface area contributed by atoms with E-state index < -0.39 is 6.10 Å². The zero-order chi connectivity index (χ0) is 57.1. The Morgan fingerprint density at radius 3 is 0.785 bits per heavy atom. The van der Waals surface area contributed by atoms with Gasteiger partial charge in [-0.15, -0.1) is 0 Å². The van der Waals surface area contributed by atoms with Crippen LogP contribution in [0, 0.1) is 0 Å². The lowest BCUT2D eigenvalue weighted by Gasteiger charge is -2.18. The van der Waals surface area contributed by atoms with E-state index in [1.165, 1.54) is 231 Å². The van der Waals surface area contributed by atoms with Gasteiger partial charge in [-0.05, 0) is 83.5 Å². The highest BCUT2D eigenvalue weighted by Gasteiger charge is 2.19. The van der Waals surface area contributed by atoms with Crippen molar-refractivity contribution >= 4 is 17.9 Å². The average molecular weight is 1110 g/mol. The van der Waals surface area contributed by atoms with Gasteiger partial charge in [0.25, 0.3) is 0 Å². The standard InChI is InChI=1S/C73H132O6/c1-4-7-10-13-16-19-22-25-27-29-30-31-32-33-34-35-36-37-38-39-40-41-42-44-45-48-51-54-57-60-63-66-72(75)78-69-70(68-77-71(74)65-62-59-56-53-50-47-24-21-18-15-12-9-6-3)79-73(76)67-64-61-58-55-52-49-46-43-28-26-23-20-17-14-11-8-5-2/h8,11,17,20,26,28-30,46,49,70H,4-7,9-10,12-16,18-19,21-25,27,31-45,47-48,50-69H2,1-3H3/b11-8-,20-17-,28-26-,30-29-,49-46-. The van der Waals surface area contributed by atoms with E-state index in [9.17, 15) is 14.4 Å². The van der Waals surface area contributed by atoms with E-state index in [-0.39, 0.29) is 31.1 Å². The SMILES string of the molecule is CC/C=C\C/C=C\C/C=C\C/C=C\CCCCCCC(=O)OC(COC(=O)CCCCCCCCCCCCCCC)COC(=O)CCCCCCCCCCCCCCCCCCCCC/C=C\CCCCCCCCCC. The van der Waals surface area contributed by atoms with Crippen molar-refractivity contribution in [3.8, 4) is 0 Å². The summed E-state index contributed by atoms with van der Waals surface area (Å²) in [6, 6.07) is 0. The van der Waals surface area contributed by atoms with Crippen molar-refractivity contribution in [1.82, 2.24) is 0 Å². The maximum Gasteiger partial charge on any atom is 0.306 e. The zero-order valence-corrected chi connectivity index (χ0v) is 52.9. The summed E-state index contributed by atoms with van der Waals surface area (Å²) in [6.45, 7) is 6.56. The molecule has 0 aromatic rings. The lowest BCUT2D eigenvalue weighted by molar-refractivity contribution is -0.167. The second-order valence-corrected chi connectivity index (χ2v) is 23.4. The molecule has 0 saturated heterocycles. The lowest BCUT2D eigenvalue weighted by atomic mass is 10.0. The second kappa shape index (κ2) is 67.6. The predicted octanol–water partition coefficient (Wildman–Crippen LogP) is 23.9. The summed E-state index contributed by atoms with van der Waals surface area (Å²) in [5.74, 6) is -0.882. The normalized spacial score (nSPS) is 12.4. The molecular weight excluding hydrogens is 973 g/mol. The Morgan fingerprint density at radius 2 is 0.494 bits per heavy atom. The van der Waals surface area contributed by atoms with Gasteiger partial charge in [0.15, 0.2) is 6.10 Å². The fourth-order valence-corrected chi connectivity index (χ4v) is 10.3. The van der Waals surface area contributed by atoms with Crippen molar-refractivity contribution in [2.45, 2.75) is 374 Å². The van der Waals surface area contributed by atoms with Gasteiger partial charge in [0.1, 0.15) is 13.2 Å². The first-order valence-corrected chi connectivity index (χ1v) is 34.8. The highest BCUT2D eigenvalue weighted by atomic mass is 16.6. The minimum atomic E-state index is -0.785. The summed E-state index contributed by atoms with van der Waals surface area (Å²) < 4.78 is 16.9. The first-order valence-electron chi connectivity index (χ1n) is 34.8. The van der Waals surface area contributed by atoms with Crippen LogP contribution in [0.3, 0.4) is 0 Å². The molecule has 0 aliphatic carbocycles. The molecule has 0 bridgehead atoms. The Balaban J connectivity index is 4.17. The molecule has 79 heavy (non-hydrogen) atoms. The van der Waals surface area contributed by atoms with Crippen molar-refractivity contribution in [3.05, 3.63) is 60.8 Å². The minimum absolute atomic E-state index is 0.0798. The van der Waals surface area contributed by atoms with Crippen LogP contribution in [0.1, 0.15) is 367 Å². The molecule has 6 heteroatoms. The first kappa shape index (κ1) is 76.1. The fraction of sp³-hybridized carbons (Fsp3) is 0.822. The predicted molar refractivity (Wildman–Crippen MR) is 344 cm³/mol. The molecule has 0 saturated carbocycles. The van der Waals surface area contributed by atoms with E-state index in [1.54, 1.807) is 0 Å². The Hall–Kier alpha value is -2.89. The van der Waals surface area contributed by atoms with Crippen molar-refractivity contribution in [2.24, 2.45) is 0 Å². The number of rotatable bonds is 64. The van der Waals surface area contributed by atoms with Gasteiger partial charge < -0.3 is 14.2 Å². The lowest BCUT2D eigenvalue weighted by Crippen LogP contribution is -2.30. The molecule has 6 nitrogen and oxygen atoms in total. The Bertz CT molecular complexity index is 1410. The molecule has 0 rings (SSSR count). The maximum atomic E-state index is 12.9. The van der Waals surface area contributed by atoms with E-state index in [2.05, 4.69) is 81.5 Å². The largest absolute Gasteiger partial charge is 0.462 e. The summed E-state index contributed by atoms with van der Waals surface area (Å²) in [5, 5.41) is 0. The van der Waals surface area contributed by atoms with Gasteiger partial charge in [0.2, 0.25) is 0 Å². The molecule has 0 N–H and O–H groups in total. The number of hydrogen-bond acceptors (Lipinski definition) is 6. The number of hydrogen-bond donors (Lipinski definition) is 0. The Labute approximate surface area is 491 Å². The Kier molecular flexibility index (Phi) is 65.1. The molecule has 0 heterocycles. The van der Waals surface area contributed by atoms with Gasteiger partial charge in [-0.2, -0.15) is 0 Å². The van der Waals surface area contributed by atoms with Gasteiger partial charge in [-0.1, -0.05) is 326 Å². The summed E-state index contributed by atoms with van der Waals surface area (Å²) in [4.78, 5) is 38.3. The molecule has 1 unspecified atom stereocenters. The number of ether oxygens (including phenoxy) is 3. The van der Waals surface area contributed by atoms with Gasteiger partial charge in [-0.3, -0.25) is 14.4 Å². The average Bonchev–Trinajstić information content (AvgIpc) is 3.45. The smallest absolute Gasteiger partial charge is 0.306 e. The summed E-state index contributed by atoms with van der Waals surface area (Å²) in [6.07, 6.45) is 86.9. The van der Waals surface area contributed by atoms with Gasteiger partial charge in [-0.25, -0.2) is 0 Å². The van der Waals surface area contributed by atoms with Crippen LogP contribution in [-0.2, 0) is 28.6 Å². The highest BCUT2D eigenvalue weighted by molar-refractivity contribution is 5.71. The summed E-state index contributed by atoms with van der Waals surface area (Å²) >= 11 is 0. The number of carbonyl (C=O) groups is 3. The van der Waals surface area contributed by atoms with E-state index >= 15 is 0 Å². The van der Waals surface area contributed by atoms with Gasteiger partial charge in [0.05, 0.1) is 0 Å². The first-order chi connectivity index (χ1) is 39.0. The van der Waals surface area contributed by atoms with Crippen LogP contribution in [0.15, 0.2) is 60.8 Å². The van der Waals surface area contributed by atoms with Crippen LogP contribution in [0.4, 0.5) is 0 Å². The molecule has 0 amide bonds. The van der Waals surface area contributed by atoms with Crippen molar-refractivity contribution < 1.29 is 28.6 Å². The monoisotopic (exact) mass is 1110 g/mol. The van der Waals surface area contributed by atoms with Crippen LogP contribution in [-0.4, -0.2) is 37.2 Å². The summed E-state index contributed by atoms with van der Waals surface area (Å²) in [5.41, 5.74) is 0. The van der Waals surface area contributed by atoms with Gasteiger partial charge in [0, 0.05) is 19.3 Å². The number of allylic oxidation sites excluding steroid dienone is 10. The summed E-state index contributed by atoms with van der Waals surface area (Å²) in [7, 11) is 0. The number of esters is 3. The minimum Gasteiger partial charge on any atom is -0.462 e. The molecule has 0 aliphatic rings.